The van der Waals surface area contributed by atoms with Crippen LogP contribution in [-0.4, -0.2) is 44.4 Å². The van der Waals surface area contributed by atoms with Crippen LogP contribution in [0.25, 0.3) is 0 Å². The van der Waals surface area contributed by atoms with Crippen LogP contribution in [0.4, 0.5) is 0 Å². The van der Waals surface area contributed by atoms with Gasteiger partial charge in [-0.1, -0.05) is 13.8 Å². The molecule has 7 nitrogen and oxygen atoms in total. The molecule has 0 rings (SSSR count). The summed E-state index contributed by atoms with van der Waals surface area (Å²) in [5.41, 5.74) is 0. The first-order chi connectivity index (χ1) is 8.61. The molecule has 0 aromatic carbocycles. The highest BCUT2D eigenvalue weighted by atomic mass is 32.2. The Morgan fingerprint density at radius 2 is 1.79 bits per heavy atom. The largest absolute Gasteiger partial charge is 0.481 e. The molecular weight excluding hydrogens is 274 g/mol. The lowest BCUT2D eigenvalue weighted by atomic mass is 9.98. The molecule has 8 heteroatoms. The maximum absolute atomic E-state index is 11.7. The van der Waals surface area contributed by atoms with E-state index in [1.807, 2.05) is 13.8 Å². The second kappa shape index (κ2) is 7.44. The van der Waals surface area contributed by atoms with E-state index in [2.05, 4.69) is 9.46 Å². The number of methoxy groups -OCH3 is 1. The van der Waals surface area contributed by atoms with Crippen molar-refractivity contribution in [3.05, 3.63) is 0 Å². The van der Waals surface area contributed by atoms with Gasteiger partial charge in [0.15, 0.2) is 5.25 Å². The van der Waals surface area contributed by atoms with E-state index < -0.39 is 33.1 Å². The van der Waals surface area contributed by atoms with Crippen LogP contribution in [0.15, 0.2) is 0 Å². The maximum Gasteiger partial charge on any atom is 0.325 e. The molecule has 0 fully saturated rings. The van der Waals surface area contributed by atoms with Gasteiger partial charge in [0, 0.05) is 6.54 Å². The van der Waals surface area contributed by atoms with Gasteiger partial charge in [-0.15, -0.1) is 0 Å². The fourth-order valence-corrected chi connectivity index (χ4v) is 2.51. The van der Waals surface area contributed by atoms with Gasteiger partial charge in [-0.05, 0) is 19.3 Å². The van der Waals surface area contributed by atoms with Crippen LogP contribution in [-0.2, 0) is 24.3 Å². The quantitative estimate of drug-likeness (QED) is 0.620. The van der Waals surface area contributed by atoms with E-state index in [4.69, 9.17) is 5.11 Å². The number of carbonyl (C=O) groups excluding carboxylic acids is 1. The summed E-state index contributed by atoms with van der Waals surface area (Å²) in [5, 5.41) is 7.62. The lowest BCUT2D eigenvalue weighted by Crippen LogP contribution is -2.41. The second-order valence-electron chi connectivity index (χ2n) is 4.72. The Morgan fingerprint density at radius 1 is 1.26 bits per heavy atom. The van der Waals surface area contributed by atoms with E-state index in [-0.39, 0.29) is 12.5 Å². The number of esters is 1. The average molecular weight is 295 g/mol. The van der Waals surface area contributed by atoms with Crippen molar-refractivity contribution in [2.24, 2.45) is 11.8 Å². The minimum Gasteiger partial charge on any atom is -0.481 e. The summed E-state index contributed by atoms with van der Waals surface area (Å²) in [6, 6.07) is 0. The minimum absolute atomic E-state index is 0.128. The number of hydrogen-bond acceptors (Lipinski definition) is 5. The first-order valence-electron chi connectivity index (χ1n) is 5.91. The fraction of sp³-hybridized carbons (Fsp3) is 0.818. The van der Waals surface area contributed by atoms with Gasteiger partial charge in [-0.25, -0.2) is 13.1 Å². The first-order valence-corrected chi connectivity index (χ1v) is 7.45. The Morgan fingerprint density at radius 3 is 2.16 bits per heavy atom. The van der Waals surface area contributed by atoms with Gasteiger partial charge in [0.05, 0.1) is 13.0 Å². The summed E-state index contributed by atoms with van der Waals surface area (Å²) in [6.07, 6.45) is 0.352. The van der Waals surface area contributed by atoms with Gasteiger partial charge >= 0.3 is 11.9 Å². The predicted molar refractivity (Wildman–Crippen MR) is 69.0 cm³/mol. The molecule has 0 saturated carbocycles. The molecule has 112 valence electrons. The molecule has 0 bridgehead atoms. The molecular formula is C11H21NO6S. The van der Waals surface area contributed by atoms with Crippen molar-refractivity contribution in [1.29, 1.82) is 0 Å². The monoisotopic (exact) mass is 295 g/mol. The third-order valence-electron chi connectivity index (χ3n) is 2.63. The van der Waals surface area contributed by atoms with Crippen LogP contribution in [0.1, 0.15) is 27.2 Å². The van der Waals surface area contributed by atoms with Gasteiger partial charge in [0.25, 0.3) is 0 Å². The number of carboxylic acids is 1. The molecule has 0 heterocycles. The summed E-state index contributed by atoms with van der Waals surface area (Å²) in [6.45, 7) is 4.65. The van der Waals surface area contributed by atoms with E-state index in [0.29, 0.717) is 6.42 Å². The lowest BCUT2D eigenvalue weighted by molar-refractivity contribution is -0.142. The molecule has 0 radical (unpaired) electrons. The van der Waals surface area contributed by atoms with Crippen molar-refractivity contribution in [2.75, 3.05) is 13.7 Å². The SMILES string of the molecule is COC(=O)C(C)S(=O)(=O)NCC(CC(C)C)C(=O)O. The van der Waals surface area contributed by atoms with Crippen LogP contribution in [0.2, 0.25) is 0 Å². The lowest BCUT2D eigenvalue weighted by Gasteiger charge is -2.17. The standard InChI is InChI=1S/C11H21NO6S/c1-7(2)5-9(10(13)14)6-12-19(16,17)8(3)11(15)18-4/h7-9,12H,5-6H2,1-4H3,(H,13,14). The highest BCUT2D eigenvalue weighted by molar-refractivity contribution is 7.90. The third kappa shape index (κ3) is 6.02. The van der Waals surface area contributed by atoms with Crippen molar-refractivity contribution in [3.63, 3.8) is 0 Å². The van der Waals surface area contributed by atoms with Crippen molar-refractivity contribution in [1.82, 2.24) is 4.72 Å². The molecule has 0 spiro atoms. The summed E-state index contributed by atoms with van der Waals surface area (Å²) in [7, 11) is -2.83. The number of aliphatic carboxylic acids is 1. The average Bonchev–Trinajstić information content (AvgIpc) is 2.31. The van der Waals surface area contributed by atoms with Gasteiger partial charge in [-0.3, -0.25) is 9.59 Å². The van der Waals surface area contributed by atoms with Crippen LogP contribution in [0, 0.1) is 11.8 Å². The Hall–Kier alpha value is -1.15. The molecule has 2 N–H and O–H groups in total. The number of hydrogen-bond donors (Lipinski definition) is 2. The molecule has 0 aliphatic heterocycles. The summed E-state index contributed by atoms with van der Waals surface area (Å²) < 4.78 is 30.0. The van der Waals surface area contributed by atoms with Gasteiger partial charge in [0.2, 0.25) is 10.0 Å². The number of nitrogens with one attached hydrogen (secondary N) is 1. The second-order valence-corrected chi connectivity index (χ2v) is 6.81. The molecule has 0 aliphatic rings. The number of carbonyl (C=O) groups is 2. The van der Waals surface area contributed by atoms with E-state index in [1.165, 1.54) is 6.92 Å². The first kappa shape index (κ1) is 17.8. The normalized spacial score (nSPS) is 15.0. The Bertz CT molecular complexity index is 417. The number of ether oxygens (including phenoxy) is 1. The van der Waals surface area contributed by atoms with E-state index in [0.717, 1.165) is 7.11 Å². The van der Waals surface area contributed by atoms with Gasteiger partial charge < -0.3 is 9.84 Å². The molecule has 19 heavy (non-hydrogen) atoms. The highest BCUT2D eigenvalue weighted by Gasteiger charge is 2.30. The van der Waals surface area contributed by atoms with Crippen LogP contribution >= 0.6 is 0 Å². The van der Waals surface area contributed by atoms with Crippen molar-refractivity contribution < 1.29 is 27.9 Å². The number of sulfonamides is 1. The van der Waals surface area contributed by atoms with Gasteiger partial charge in [-0.2, -0.15) is 0 Å². The van der Waals surface area contributed by atoms with Gasteiger partial charge in [0.1, 0.15) is 0 Å². The summed E-state index contributed by atoms with van der Waals surface area (Å²) in [5.74, 6) is -2.64. The Balaban J connectivity index is 4.67. The predicted octanol–water partition coefficient (Wildman–Crippen LogP) is 0.214. The summed E-state index contributed by atoms with van der Waals surface area (Å²) in [4.78, 5) is 22.1. The van der Waals surface area contributed by atoms with E-state index >= 15 is 0 Å². The van der Waals surface area contributed by atoms with Crippen molar-refractivity contribution in [2.45, 2.75) is 32.4 Å². The van der Waals surface area contributed by atoms with E-state index in [1.54, 1.807) is 0 Å². The molecule has 0 amide bonds. The van der Waals surface area contributed by atoms with Crippen LogP contribution in [0.3, 0.4) is 0 Å². The zero-order chi connectivity index (χ0) is 15.2. The maximum atomic E-state index is 11.7. The molecule has 2 unspecified atom stereocenters. The Labute approximate surface area is 113 Å². The molecule has 0 aliphatic carbocycles. The third-order valence-corrected chi connectivity index (χ3v) is 4.33. The summed E-state index contributed by atoms with van der Waals surface area (Å²) >= 11 is 0. The molecule has 2 atom stereocenters. The Kier molecular flexibility index (Phi) is 6.99. The van der Waals surface area contributed by atoms with Crippen molar-refractivity contribution in [3.8, 4) is 0 Å². The van der Waals surface area contributed by atoms with Crippen LogP contribution in [0.5, 0.6) is 0 Å². The smallest absolute Gasteiger partial charge is 0.325 e. The molecule has 0 aromatic rings. The van der Waals surface area contributed by atoms with Crippen LogP contribution < -0.4 is 4.72 Å². The zero-order valence-corrected chi connectivity index (χ0v) is 12.4. The topological polar surface area (TPSA) is 110 Å². The highest BCUT2D eigenvalue weighted by Crippen LogP contribution is 2.12. The van der Waals surface area contributed by atoms with Crippen molar-refractivity contribution >= 4 is 22.0 Å². The fourth-order valence-electron chi connectivity index (χ4n) is 1.47. The van der Waals surface area contributed by atoms with E-state index in [9.17, 15) is 18.0 Å². The molecule has 0 saturated heterocycles. The zero-order valence-electron chi connectivity index (χ0n) is 11.5. The molecule has 0 aromatic heterocycles. The number of carboxylic acid groups (broad SMARTS) is 1. The number of rotatable bonds is 8. The minimum atomic E-state index is -3.92.